The summed E-state index contributed by atoms with van der Waals surface area (Å²) in [5.74, 6) is 0.412. The van der Waals surface area contributed by atoms with Crippen molar-refractivity contribution in [3.8, 4) is 0 Å². The van der Waals surface area contributed by atoms with Gasteiger partial charge in [0.1, 0.15) is 0 Å². The average molecular weight is 386 g/mol. The third-order valence-electron chi connectivity index (χ3n) is 3.08. The number of aromatic nitrogens is 1. The summed E-state index contributed by atoms with van der Waals surface area (Å²) in [6.45, 7) is 0.293. The molecule has 1 aromatic carbocycles. The lowest BCUT2D eigenvalue weighted by Gasteiger charge is -2.11. The van der Waals surface area contributed by atoms with Crippen LogP contribution in [0.5, 0.6) is 0 Å². The van der Waals surface area contributed by atoms with Crippen molar-refractivity contribution < 1.29 is 0 Å². The van der Waals surface area contributed by atoms with Gasteiger partial charge in [-0.3, -0.25) is 4.79 Å². The maximum absolute atomic E-state index is 12.2. The molecule has 0 amide bonds. The van der Waals surface area contributed by atoms with Crippen LogP contribution in [-0.2, 0) is 13.6 Å². The fraction of sp³-hybridized carbons (Fsp3) is 0.286. The van der Waals surface area contributed by atoms with Crippen molar-refractivity contribution in [1.82, 2.24) is 9.47 Å². The van der Waals surface area contributed by atoms with Crippen molar-refractivity contribution in [2.75, 3.05) is 14.1 Å². The SMILES string of the molecule is CN(C)C(N)=NCc1cc2ccccc2n(C)c1=O.I. The Labute approximate surface area is 135 Å². The van der Waals surface area contributed by atoms with E-state index in [1.165, 1.54) is 0 Å². The number of nitrogens with two attached hydrogens (primary N) is 1. The highest BCUT2D eigenvalue weighted by atomic mass is 127. The molecule has 1 heterocycles. The van der Waals surface area contributed by atoms with Gasteiger partial charge in [-0.25, -0.2) is 4.99 Å². The van der Waals surface area contributed by atoms with Gasteiger partial charge in [0.05, 0.1) is 12.1 Å². The van der Waals surface area contributed by atoms with Gasteiger partial charge < -0.3 is 15.2 Å². The lowest BCUT2D eigenvalue weighted by molar-refractivity contribution is 0.609. The molecule has 20 heavy (non-hydrogen) atoms. The fourth-order valence-corrected chi connectivity index (χ4v) is 1.91. The predicted octanol–water partition coefficient (Wildman–Crippen LogP) is 1.53. The van der Waals surface area contributed by atoms with Crippen LogP contribution in [0, 0.1) is 0 Å². The van der Waals surface area contributed by atoms with Gasteiger partial charge in [-0.1, -0.05) is 18.2 Å². The van der Waals surface area contributed by atoms with Gasteiger partial charge in [-0.15, -0.1) is 24.0 Å². The maximum Gasteiger partial charge on any atom is 0.255 e. The van der Waals surface area contributed by atoms with Gasteiger partial charge in [-0.05, 0) is 17.5 Å². The first kappa shape index (κ1) is 16.5. The Bertz CT molecular complexity index is 691. The number of guanidine groups is 1. The Morgan fingerprint density at radius 3 is 2.65 bits per heavy atom. The topological polar surface area (TPSA) is 63.6 Å². The first-order valence-electron chi connectivity index (χ1n) is 6.05. The number of aryl methyl sites for hydroxylation is 1. The Morgan fingerprint density at radius 1 is 1.35 bits per heavy atom. The number of hydrogen-bond acceptors (Lipinski definition) is 2. The van der Waals surface area contributed by atoms with E-state index in [1.807, 2.05) is 44.4 Å². The van der Waals surface area contributed by atoms with E-state index in [0.29, 0.717) is 18.1 Å². The molecular formula is C14H19IN4O. The van der Waals surface area contributed by atoms with Gasteiger partial charge in [0.2, 0.25) is 0 Å². The van der Waals surface area contributed by atoms with Crippen LogP contribution in [0.2, 0.25) is 0 Å². The molecule has 0 bridgehead atoms. The summed E-state index contributed by atoms with van der Waals surface area (Å²) >= 11 is 0. The van der Waals surface area contributed by atoms with Gasteiger partial charge >= 0.3 is 0 Å². The molecule has 0 aliphatic heterocycles. The van der Waals surface area contributed by atoms with E-state index in [1.54, 1.807) is 16.5 Å². The minimum Gasteiger partial charge on any atom is -0.370 e. The van der Waals surface area contributed by atoms with Crippen molar-refractivity contribution in [2.45, 2.75) is 6.54 Å². The molecule has 0 aliphatic rings. The molecule has 0 spiro atoms. The molecule has 0 unspecified atom stereocenters. The molecule has 0 atom stereocenters. The molecule has 0 aliphatic carbocycles. The summed E-state index contributed by atoms with van der Waals surface area (Å²) in [6, 6.07) is 9.66. The number of pyridine rings is 1. The van der Waals surface area contributed by atoms with Crippen molar-refractivity contribution in [2.24, 2.45) is 17.8 Å². The number of para-hydroxylation sites is 1. The number of benzene rings is 1. The molecule has 108 valence electrons. The predicted molar refractivity (Wildman–Crippen MR) is 93.6 cm³/mol. The highest BCUT2D eigenvalue weighted by molar-refractivity contribution is 14.0. The molecule has 2 aromatic rings. The number of nitrogens with zero attached hydrogens (tertiary/aromatic N) is 3. The first-order chi connectivity index (χ1) is 9.00. The van der Waals surface area contributed by atoms with Crippen LogP contribution in [0.25, 0.3) is 10.9 Å². The van der Waals surface area contributed by atoms with E-state index in [4.69, 9.17) is 5.73 Å². The van der Waals surface area contributed by atoms with Crippen LogP contribution in [0.15, 0.2) is 40.1 Å². The third-order valence-corrected chi connectivity index (χ3v) is 3.08. The molecule has 5 nitrogen and oxygen atoms in total. The van der Waals surface area contributed by atoms with E-state index in [-0.39, 0.29) is 29.5 Å². The second-order valence-electron chi connectivity index (χ2n) is 4.66. The summed E-state index contributed by atoms with van der Waals surface area (Å²) in [7, 11) is 5.40. The van der Waals surface area contributed by atoms with Crippen molar-refractivity contribution in [3.63, 3.8) is 0 Å². The van der Waals surface area contributed by atoms with Gasteiger partial charge in [0.15, 0.2) is 5.96 Å². The van der Waals surface area contributed by atoms with Crippen molar-refractivity contribution in [1.29, 1.82) is 0 Å². The summed E-state index contributed by atoms with van der Waals surface area (Å²) in [5.41, 5.74) is 7.26. The second kappa shape index (κ2) is 6.74. The second-order valence-corrected chi connectivity index (χ2v) is 4.66. The molecule has 0 fully saturated rings. The van der Waals surface area contributed by atoms with Crippen molar-refractivity contribution in [3.05, 3.63) is 46.2 Å². The highest BCUT2D eigenvalue weighted by Gasteiger charge is 2.06. The van der Waals surface area contributed by atoms with Crippen LogP contribution in [0.4, 0.5) is 0 Å². The number of hydrogen-bond donors (Lipinski definition) is 1. The van der Waals surface area contributed by atoms with E-state index >= 15 is 0 Å². The maximum atomic E-state index is 12.2. The smallest absolute Gasteiger partial charge is 0.255 e. The molecule has 2 rings (SSSR count). The summed E-state index contributed by atoms with van der Waals surface area (Å²) in [5, 5.41) is 1.03. The average Bonchev–Trinajstić information content (AvgIpc) is 2.40. The lowest BCUT2D eigenvalue weighted by Crippen LogP contribution is -2.30. The molecule has 1 aromatic heterocycles. The third kappa shape index (κ3) is 3.30. The summed E-state index contributed by atoms with van der Waals surface area (Å²) in [4.78, 5) is 18.1. The zero-order chi connectivity index (χ0) is 14.0. The van der Waals surface area contributed by atoms with E-state index in [0.717, 1.165) is 10.9 Å². The van der Waals surface area contributed by atoms with Gasteiger partial charge in [-0.2, -0.15) is 0 Å². The lowest BCUT2D eigenvalue weighted by atomic mass is 10.1. The molecule has 0 radical (unpaired) electrons. The molecule has 2 N–H and O–H groups in total. The van der Waals surface area contributed by atoms with Crippen LogP contribution in [0.1, 0.15) is 5.56 Å². The minimum atomic E-state index is -0.0333. The molecule has 6 heteroatoms. The first-order valence-corrected chi connectivity index (χ1v) is 6.05. The molecule has 0 saturated carbocycles. The monoisotopic (exact) mass is 386 g/mol. The normalized spacial score (nSPS) is 11.2. The highest BCUT2D eigenvalue weighted by Crippen LogP contribution is 2.12. The van der Waals surface area contributed by atoms with Crippen LogP contribution in [-0.4, -0.2) is 29.5 Å². The van der Waals surface area contributed by atoms with Crippen molar-refractivity contribution >= 4 is 40.8 Å². The van der Waals surface area contributed by atoms with Crippen LogP contribution in [0.3, 0.4) is 0 Å². The quantitative estimate of drug-likeness (QED) is 0.484. The minimum absolute atomic E-state index is 0. The van der Waals surface area contributed by atoms with E-state index < -0.39 is 0 Å². The molecule has 0 saturated heterocycles. The largest absolute Gasteiger partial charge is 0.370 e. The zero-order valence-electron chi connectivity index (χ0n) is 11.8. The Balaban J connectivity index is 0.00000200. The number of aliphatic imine (C=N–C) groups is 1. The van der Waals surface area contributed by atoms with Gasteiger partial charge in [0, 0.05) is 26.7 Å². The standard InChI is InChI=1S/C14H18N4O.HI/c1-17(2)14(15)16-9-11-8-10-6-4-5-7-12(10)18(3)13(11)19;/h4-8H,9H2,1-3H3,(H2,15,16);1H. The summed E-state index contributed by atoms with van der Waals surface area (Å²) in [6.07, 6.45) is 0. The van der Waals surface area contributed by atoms with Crippen LogP contribution >= 0.6 is 24.0 Å². The molecular weight excluding hydrogens is 367 g/mol. The Hall–Kier alpha value is -1.57. The van der Waals surface area contributed by atoms with Crippen LogP contribution < -0.4 is 11.3 Å². The fourth-order valence-electron chi connectivity index (χ4n) is 1.91. The Morgan fingerprint density at radius 2 is 2.00 bits per heavy atom. The number of halogens is 1. The summed E-state index contributed by atoms with van der Waals surface area (Å²) < 4.78 is 1.64. The zero-order valence-corrected chi connectivity index (χ0v) is 14.2. The van der Waals surface area contributed by atoms with E-state index in [2.05, 4.69) is 4.99 Å². The van der Waals surface area contributed by atoms with Gasteiger partial charge in [0.25, 0.3) is 5.56 Å². The number of rotatable bonds is 2. The Kier molecular flexibility index (Phi) is 5.55. The van der Waals surface area contributed by atoms with E-state index in [9.17, 15) is 4.79 Å². The number of fused-ring (bicyclic) bond motifs is 1.